The first-order chi connectivity index (χ1) is 9.45. The van der Waals surface area contributed by atoms with E-state index in [9.17, 15) is 19.7 Å². The van der Waals surface area contributed by atoms with Crippen LogP contribution in [-0.4, -0.2) is 26.3 Å². The first-order valence-electron chi connectivity index (χ1n) is 5.51. The number of thiocarbonyl (C=S) groups is 1. The van der Waals surface area contributed by atoms with Crippen LogP contribution in [0.1, 0.15) is 6.42 Å². The van der Waals surface area contributed by atoms with Gasteiger partial charge in [0.1, 0.15) is 4.32 Å². The number of hydrogen-bond donors (Lipinski definition) is 2. The summed E-state index contributed by atoms with van der Waals surface area (Å²) < 4.78 is 0.364. The number of nitro groups is 1. The Kier molecular flexibility index (Phi) is 4.30. The molecule has 9 heteroatoms. The zero-order valence-electron chi connectivity index (χ0n) is 9.99. The zero-order chi connectivity index (χ0) is 14.7. The van der Waals surface area contributed by atoms with E-state index in [0.29, 0.717) is 10.0 Å². The van der Waals surface area contributed by atoms with Crippen LogP contribution in [0.25, 0.3) is 0 Å². The number of anilines is 1. The number of amides is 2. The number of non-ortho nitro benzene ring substituents is 1. The second kappa shape index (κ2) is 5.97. The fourth-order valence-electron chi connectivity index (χ4n) is 1.57. The van der Waals surface area contributed by atoms with Crippen LogP contribution in [0.15, 0.2) is 24.3 Å². The molecule has 0 radical (unpaired) electrons. The van der Waals surface area contributed by atoms with Gasteiger partial charge in [0.05, 0.1) is 10.2 Å². The third-order valence-corrected chi connectivity index (χ3v) is 3.87. The summed E-state index contributed by atoms with van der Waals surface area (Å²) in [5.74, 6) is -0.630. The molecule has 1 aromatic carbocycles. The lowest BCUT2D eigenvalue weighted by molar-refractivity contribution is -0.384. The summed E-state index contributed by atoms with van der Waals surface area (Å²) in [6.45, 7) is 0. The van der Waals surface area contributed by atoms with Crippen LogP contribution in [-0.2, 0) is 9.59 Å². The summed E-state index contributed by atoms with van der Waals surface area (Å²) in [4.78, 5) is 33.1. The monoisotopic (exact) mass is 311 g/mol. The maximum absolute atomic E-state index is 11.8. The number of nitrogens with zero attached hydrogens (tertiary/aromatic N) is 1. The summed E-state index contributed by atoms with van der Waals surface area (Å²) >= 11 is 5.97. The highest BCUT2D eigenvalue weighted by molar-refractivity contribution is 8.24. The number of nitrogens with one attached hydrogen (secondary N) is 2. The minimum atomic E-state index is -0.527. The minimum absolute atomic E-state index is 0.00632. The molecule has 0 spiro atoms. The van der Waals surface area contributed by atoms with Crippen LogP contribution in [0, 0.1) is 10.1 Å². The second-order valence-electron chi connectivity index (χ2n) is 3.94. The van der Waals surface area contributed by atoms with E-state index in [1.807, 2.05) is 0 Å². The van der Waals surface area contributed by atoms with E-state index >= 15 is 0 Å². The highest BCUT2D eigenvalue weighted by Gasteiger charge is 2.30. The van der Waals surface area contributed by atoms with Crippen molar-refractivity contribution >= 4 is 51.5 Å². The summed E-state index contributed by atoms with van der Waals surface area (Å²) in [5.41, 5.74) is 0.380. The molecule has 1 heterocycles. The Balaban J connectivity index is 1.93. The van der Waals surface area contributed by atoms with Gasteiger partial charge < -0.3 is 10.6 Å². The smallest absolute Gasteiger partial charge is 0.269 e. The van der Waals surface area contributed by atoms with Crippen molar-refractivity contribution in [3.05, 3.63) is 34.4 Å². The molecule has 0 saturated carbocycles. The molecule has 0 bridgehead atoms. The molecule has 0 unspecified atom stereocenters. The van der Waals surface area contributed by atoms with Gasteiger partial charge in [-0.25, -0.2) is 0 Å². The molecule has 1 aliphatic heterocycles. The van der Waals surface area contributed by atoms with E-state index < -0.39 is 10.2 Å². The molecular formula is C11H9N3O4S2. The third kappa shape index (κ3) is 3.52. The van der Waals surface area contributed by atoms with Crippen LogP contribution < -0.4 is 10.6 Å². The molecule has 2 N–H and O–H groups in total. The van der Waals surface area contributed by atoms with Crippen molar-refractivity contribution in [1.82, 2.24) is 5.32 Å². The molecule has 1 saturated heterocycles. The van der Waals surface area contributed by atoms with Crippen molar-refractivity contribution in [3.63, 3.8) is 0 Å². The molecule has 20 heavy (non-hydrogen) atoms. The first-order valence-corrected chi connectivity index (χ1v) is 6.80. The van der Waals surface area contributed by atoms with Gasteiger partial charge in [-0.1, -0.05) is 24.0 Å². The van der Waals surface area contributed by atoms with E-state index in [-0.39, 0.29) is 23.9 Å². The highest BCUT2D eigenvalue weighted by atomic mass is 32.2. The van der Waals surface area contributed by atoms with Gasteiger partial charge in [0, 0.05) is 24.2 Å². The molecule has 1 aromatic rings. The van der Waals surface area contributed by atoms with E-state index in [2.05, 4.69) is 10.6 Å². The normalized spacial score (nSPS) is 17.7. The van der Waals surface area contributed by atoms with Gasteiger partial charge in [0.2, 0.25) is 11.8 Å². The average molecular weight is 311 g/mol. The van der Waals surface area contributed by atoms with Gasteiger partial charge in [0.25, 0.3) is 5.69 Å². The van der Waals surface area contributed by atoms with E-state index in [4.69, 9.17) is 12.2 Å². The summed E-state index contributed by atoms with van der Waals surface area (Å²) in [6, 6.07) is 5.45. The Morgan fingerprint density at radius 2 is 2.10 bits per heavy atom. The Bertz CT molecular complexity index is 588. The molecule has 0 aromatic heterocycles. The van der Waals surface area contributed by atoms with E-state index in [1.54, 1.807) is 0 Å². The molecular weight excluding hydrogens is 302 g/mol. The number of carbonyl (C=O) groups is 2. The number of rotatable bonds is 4. The third-order valence-electron chi connectivity index (χ3n) is 2.50. The summed E-state index contributed by atoms with van der Waals surface area (Å²) in [5, 5.41) is 15.0. The quantitative estimate of drug-likeness (QED) is 0.495. The van der Waals surface area contributed by atoms with E-state index in [1.165, 1.54) is 24.3 Å². The molecule has 104 valence electrons. The fraction of sp³-hybridized carbons (Fsp3) is 0.182. The van der Waals surface area contributed by atoms with Crippen molar-refractivity contribution in [2.75, 3.05) is 5.32 Å². The number of nitro benzene ring substituents is 1. The lowest BCUT2D eigenvalue weighted by Crippen LogP contribution is -2.27. The number of benzene rings is 1. The van der Waals surface area contributed by atoms with Crippen LogP contribution in [0.2, 0.25) is 0 Å². The van der Waals surface area contributed by atoms with Crippen molar-refractivity contribution in [2.45, 2.75) is 11.7 Å². The summed E-state index contributed by atoms with van der Waals surface area (Å²) in [6.07, 6.45) is -0.00632. The molecule has 1 aliphatic rings. The van der Waals surface area contributed by atoms with Crippen LogP contribution >= 0.6 is 24.0 Å². The fourth-order valence-corrected chi connectivity index (χ4v) is 2.84. The molecule has 7 nitrogen and oxygen atoms in total. The zero-order valence-corrected chi connectivity index (χ0v) is 11.6. The molecule has 2 amide bonds. The van der Waals surface area contributed by atoms with Gasteiger partial charge in [-0.2, -0.15) is 0 Å². The standard InChI is InChI=1S/C11H9N3O4S2/c15-9(5-8-10(16)13-11(19)20-8)12-6-1-3-7(4-2-6)14(17)18/h1-4,8H,5H2,(H,12,15)(H,13,16,19)/t8-/m1/s1. The van der Waals surface area contributed by atoms with Crippen molar-refractivity contribution < 1.29 is 14.5 Å². The largest absolute Gasteiger partial charge is 0.326 e. The van der Waals surface area contributed by atoms with Gasteiger partial charge in [0.15, 0.2) is 0 Å². The van der Waals surface area contributed by atoms with Gasteiger partial charge in [-0.05, 0) is 12.1 Å². The van der Waals surface area contributed by atoms with Crippen molar-refractivity contribution in [3.8, 4) is 0 Å². The van der Waals surface area contributed by atoms with Crippen LogP contribution in [0.3, 0.4) is 0 Å². The minimum Gasteiger partial charge on any atom is -0.326 e. The topological polar surface area (TPSA) is 101 Å². The van der Waals surface area contributed by atoms with Gasteiger partial charge >= 0.3 is 0 Å². The van der Waals surface area contributed by atoms with Crippen molar-refractivity contribution in [2.24, 2.45) is 0 Å². The summed E-state index contributed by atoms with van der Waals surface area (Å²) in [7, 11) is 0. The average Bonchev–Trinajstić information content (AvgIpc) is 2.68. The predicted molar refractivity (Wildman–Crippen MR) is 78.5 cm³/mol. The Morgan fingerprint density at radius 3 is 2.60 bits per heavy atom. The van der Waals surface area contributed by atoms with Crippen molar-refractivity contribution in [1.29, 1.82) is 0 Å². The number of carbonyl (C=O) groups excluding carboxylic acids is 2. The highest BCUT2D eigenvalue weighted by Crippen LogP contribution is 2.23. The Hall–Kier alpha value is -2.00. The maximum Gasteiger partial charge on any atom is 0.269 e. The van der Waals surface area contributed by atoms with Crippen LogP contribution in [0.5, 0.6) is 0 Å². The number of thioether (sulfide) groups is 1. The predicted octanol–water partition coefficient (Wildman–Crippen LogP) is 1.44. The molecule has 2 rings (SSSR count). The Labute approximate surface area is 123 Å². The molecule has 1 fully saturated rings. The first kappa shape index (κ1) is 14.4. The van der Waals surface area contributed by atoms with Crippen LogP contribution in [0.4, 0.5) is 11.4 Å². The van der Waals surface area contributed by atoms with Gasteiger partial charge in [-0.15, -0.1) is 0 Å². The molecule has 0 aliphatic carbocycles. The SMILES string of the molecule is O=C(C[C@H]1SC(=S)NC1=O)Nc1ccc([N+](=O)[O-])cc1. The maximum atomic E-state index is 11.8. The molecule has 1 atom stereocenters. The Morgan fingerprint density at radius 1 is 1.45 bits per heavy atom. The number of hydrogen-bond acceptors (Lipinski definition) is 6. The second-order valence-corrected chi connectivity index (χ2v) is 5.82. The van der Waals surface area contributed by atoms with Gasteiger partial charge in [-0.3, -0.25) is 19.7 Å². The lowest BCUT2D eigenvalue weighted by atomic mass is 10.2. The lowest BCUT2D eigenvalue weighted by Gasteiger charge is -2.07. The van der Waals surface area contributed by atoms with E-state index in [0.717, 1.165) is 11.8 Å².